The van der Waals surface area contributed by atoms with Gasteiger partial charge in [-0.3, -0.25) is 19.3 Å². The largest absolute Gasteiger partial charge is 0.484 e. The summed E-state index contributed by atoms with van der Waals surface area (Å²) in [6, 6.07) is 7.34. The minimum atomic E-state index is -1.03. The first-order valence-corrected chi connectivity index (χ1v) is 13.4. The van der Waals surface area contributed by atoms with Crippen molar-refractivity contribution in [1.29, 1.82) is 0 Å². The molecule has 9 nitrogen and oxygen atoms in total. The fourth-order valence-electron chi connectivity index (χ4n) is 5.64. The SMILES string of the molecule is CN(CC(=O)O)C1CC2(NC(=O)COc3ccc(Cl)c(F)c3)CCC1(NC(=O)COc1ccc(Cl)c(F)c1)CC2. The maximum Gasteiger partial charge on any atom is 0.317 e. The van der Waals surface area contributed by atoms with E-state index in [2.05, 4.69) is 10.6 Å². The Morgan fingerprint density at radius 1 is 0.925 bits per heavy atom. The number of amides is 2. The molecular weight excluding hydrogens is 571 g/mol. The van der Waals surface area contributed by atoms with Crippen LogP contribution in [0, 0.1) is 11.6 Å². The first kappa shape index (κ1) is 29.8. The molecule has 5 rings (SSSR count). The fourth-order valence-corrected chi connectivity index (χ4v) is 5.87. The highest BCUT2D eigenvalue weighted by Gasteiger charge is 2.57. The van der Waals surface area contributed by atoms with Gasteiger partial charge in [0.2, 0.25) is 0 Å². The van der Waals surface area contributed by atoms with Gasteiger partial charge in [0.25, 0.3) is 11.8 Å². The normalized spacial score (nSPS) is 23.5. The highest BCUT2D eigenvalue weighted by molar-refractivity contribution is 6.31. The van der Waals surface area contributed by atoms with Crippen LogP contribution in [0.1, 0.15) is 32.1 Å². The fraction of sp³-hybridized carbons (Fsp3) is 0.444. The molecule has 0 radical (unpaired) electrons. The Labute approximate surface area is 239 Å². The first-order chi connectivity index (χ1) is 18.9. The van der Waals surface area contributed by atoms with Crippen LogP contribution in [-0.4, -0.2) is 71.7 Å². The number of likely N-dealkylation sites (N-methyl/N-ethyl adjacent to an activating group) is 1. The second-order valence-electron chi connectivity index (χ2n) is 10.3. The van der Waals surface area contributed by atoms with Crippen molar-refractivity contribution in [1.82, 2.24) is 15.5 Å². The Morgan fingerprint density at radius 3 is 1.90 bits per heavy atom. The monoisotopic (exact) mass is 599 g/mol. The Balaban J connectivity index is 1.41. The van der Waals surface area contributed by atoms with Crippen molar-refractivity contribution in [2.24, 2.45) is 0 Å². The summed E-state index contributed by atoms with van der Waals surface area (Å²) in [5.74, 6) is -2.90. The molecule has 2 amide bonds. The van der Waals surface area contributed by atoms with Gasteiger partial charge in [0.1, 0.15) is 23.1 Å². The van der Waals surface area contributed by atoms with E-state index < -0.39 is 46.5 Å². The summed E-state index contributed by atoms with van der Waals surface area (Å²) >= 11 is 11.4. The molecule has 13 heteroatoms. The van der Waals surface area contributed by atoms with Crippen LogP contribution in [0.3, 0.4) is 0 Å². The molecule has 3 N–H and O–H groups in total. The predicted octanol–water partition coefficient (Wildman–Crippen LogP) is 3.80. The minimum Gasteiger partial charge on any atom is -0.484 e. The topological polar surface area (TPSA) is 117 Å². The maximum atomic E-state index is 13.7. The number of ether oxygens (including phenoxy) is 2. The number of carboxylic acid groups (broad SMARTS) is 1. The van der Waals surface area contributed by atoms with E-state index in [1.165, 1.54) is 24.3 Å². The van der Waals surface area contributed by atoms with Crippen LogP contribution in [0.25, 0.3) is 0 Å². The Morgan fingerprint density at radius 2 is 1.43 bits per heavy atom. The summed E-state index contributed by atoms with van der Waals surface area (Å²) in [5, 5.41) is 15.4. The van der Waals surface area contributed by atoms with Gasteiger partial charge in [-0.05, 0) is 63.4 Å². The average Bonchev–Trinajstić information content (AvgIpc) is 2.90. The molecule has 216 valence electrons. The number of halogens is 4. The number of nitrogens with zero attached hydrogens (tertiary/aromatic N) is 1. The van der Waals surface area contributed by atoms with Gasteiger partial charge < -0.3 is 25.2 Å². The smallest absolute Gasteiger partial charge is 0.317 e. The van der Waals surface area contributed by atoms with Crippen molar-refractivity contribution in [2.75, 3.05) is 26.8 Å². The third-order valence-electron chi connectivity index (χ3n) is 7.55. The van der Waals surface area contributed by atoms with E-state index in [1.54, 1.807) is 11.9 Å². The molecule has 0 spiro atoms. The molecule has 0 aliphatic heterocycles. The number of carbonyl (C=O) groups excluding carboxylic acids is 2. The third-order valence-corrected chi connectivity index (χ3v) is 8.17. The standard InChI is InChI=1S/C27H29Cl2F2N3O6/c1-34(13-25(37)38)22-12-26(32-23(35)14-39-16-2-4-18(28)20(30)10-16)6-8-27(22,9-7-26)33-24(36)15-40-17-3-5-19(29)21(31)11-17/h2-5,10-11,22H,6-9,12-15H2,1H3,(H,32,35)(H,33,36)(H,37,38). The average molecular weight is 600 g/mol. The quantitative estimate of drug-likeness (QED) is 0.359. The summed E-state index contributed by atoms with van der Waals surface area (Å²) in [4.78, 5) is 38.9. The van der Waals surface area contributed by atoms with Crippen molar-refractivity contribution < 1.29 is 37.7 Å². The molecule has 0 saturated heterocycles. The number of carbonyl (C=O) groups is 3. The van der Waals surface area contributed by atoms with Crippen LogP contribution >= 0.6 is 23.2 Å². The Bertz CT molecular complexity index is 1290. The lowest BCUT2D eigenvalue weighted by atomic mass is 9.58. The highest BCUT2D eigenvalue weighted by Crippen LogP contribution is 2.48. The van der Waals surface area contributed by atoms with Gasteiger partial charge in [-0.25, -0.2) is 8.78 Å². The van der Waals surface area contributed by atoms with Crippen molar-refractivity contribution in [3.63, 3.8) is 0 Å². The molecule has 0 heterocycles. The number of rotatable bonds is 11. The number of benzene rings is 2. The number of hydrogen-bond acceptors (Lipinski definition) is 6. The zero-order valence-corrected chi connectivity index (χ0v) is 23.2. The van der Waals surface area contributed by atoms with Crippen LogP contribution in [-0.2, 0) is 14.4 Å². The van der Waals surface area contributed by atoms with E-state index in [1.807, 2.05) is 0 Å². The Kier molecular flexibility index (Phi) is 9.06. The molecule has 0 aromatic heterocycles. The second-order valence-corrected chi connectivity index (χ2v) is 11.1. The van der Waals surface area contributed by atoms with Gasteiger partial charge in [0.05, 0.1) is 22.1 Å². The zero-order valence-electron chi connectivity index (χ0n) is 21.6. The molecule has 1 atom stereocenters. The molecule has 40 heavy (non-hydrogen) atoms. The number of hydrogen-bond donors (Lipinski definition) is 3. The minimum absolute atomic E-state index is 0.0577. The molecule has 1 unspecified atom stereocenters. The van der Waals surface area contributed by atoms with Gasteiger partial charge in [0, 0.05) is 23.7 Å². The zero-order chi connectivity index (χ0) is 29.1. The van der Waals surface area contributed by atoms with Crippen LogP contribution < -0.4 is 20.1 Å². The van der Waals surface area contributed by atoms with E-state index in [0.717, 1.165) is 12.1 Å². The third kappa shape index (κ3) is 6.94. The summed E-state index contributed by atoms with van der Waals surface area (Å²) in [6.45, 7) is -0.982. The lowest BCUT2D eigenvalue weighted by Crippen LogP contribution is -2.73. The van der Waals surface area contributed by atoms with Gasteiger partial charge in [0.15, 0.2) is 13.2 Å². The van der Waals surface area contributed by atoms with Gasteiger partial charge in [-0.2, -0.15) is 0 Å². The van der Waals surface area contributed by atoms with E-state index >= 15 is 0 Å². The van der Waals surface area contributed by atoms with Crippen molar-refractivity contribution in [3.05, 3.63) is 58.1 Å². The summed E-state index contributed by atoms with van der Waals surface area (Å²) in [6.07, 6.45) is 2.42. The molecule has 3 aliphatic carbocycles. The van der Waals surface area contributed by atoms with E-state index in [0.29, 0.717) is 32.1 Å². The molecule has 2 bridgehead atoms. The van der Waals surface area contributed by atoms with Crippen LogP contribution in [0.5, 0.6) is 11.5 Å². The van der Waals surface area contributed by atoms with Gasteiger partial charge in [-0.15, -0.1) is 0 Å². The van der Waals surface area contributed by atoms with Crippen molar-refractivity contribution in [3.8, 4) is 11.5 Å². The van der Waals surface area contributed by atoms with E-state index in [9.17, 15) is 28.3 Å². The Hall–Kier alpha value is -3.15. The van der Waals surface area contributed by atoms with Crippen LogP contribution in [0.4, 0.5) is 8.78 Å². The second kappa shape index (κ2) is 12.2. The van der Waals surface area contributed by atoms with Crippen LogP contribution in [0.2, 0.25) is 10.0 Å². The molecular formula is C27H29Cl2F2N3O6. The van der Waals surface area contributed by atoms with Crippen molar-refractivity contribution in [2.45, 2.75) is 49.2 Å². The number of nitrogens with one attached hydrogen (secondary N) is 2. The summed E-state index contributed by atoms with van der Waals surface area (Å²) in [7, 11) is 1.66. The molecule has 3 fully saturated rings. The molecule has 2 aromatic carbocycles. The van der Waals surface area contributed by atoms with E-state index in [-0.39, 0.29) is 41.3 Å². The number of fused-ring (bicyclic) bond motifs is 3. The molecule has 3 saturated carbocycles. The summed E-state index contributed by atoms with van der Waals surface area (Å²) < 4.78 is 38.3. The van der Waals surface area contributed by atoms with Gasteiger partial charge >= 0.3 is 5.97 Å². The van der Waals surface area contributed by atoms with Crippen molar-refractivity contribution >= 4 is 41.0 Å². The lowest BCUT2D eigenvalue weighted by molar-refractivity contribution is -0.142. The summed E-state index contributed by atoms with van der Waals surface area (Å²) in [5.41, 5.74) is -1.38. The number of carboxylic acids is 1. The number of aliphatic carboxylic acids is 1. The first-order valence-electron chi connectivity index (χ1n) is 12.6. The highest BCUT2D eigenvalue weighted by atomic mass is 35.5. The van der Waals surface area contributed by atoms with Crippen LogP contribution in [0.15, 0.2) is 36.4 Å². The van der Waals surface area contributed by atoms with Gasteiger partial charge in [-0.1, -0.05) is 23.2 Å². The maximum absolute atomic E-state index is 13.7. The molecule has 3 aliphatic rings. The lowest BCUT2D eigenvalue weighted by Gasteiger charge is -2.59. The predicted molar refractivity (Wildman–Crippen MR) is 143 cm³/mol. The van der Waals surface area contributed by atoms with E-state index in [4.69, 9.17) is 32.7 Å². The molecule has 2 aromatic rings.